The zero-order chi connectivity index (χ0) is 19.1. The summed E-state index contributed by atoms with van der Waals surface area (Å²) in [7, 11) is 0. The van der Waals surface area contributed by atoms with Gasteiger partial charge in [0.25, 0.3) is 5.91 Å². The minimum atomic E-state index is -1.30. The summed E-state index contributed by atoms with van der Waals surface area (Å²) in [6.07, 6.45) is 1.68. The van der Waals surface area contributed by atoms with E-state index in [9.17, 15) is 14.7 Å². The fraction of sp³-hybridized carbons (Fsp3) is 0.0556. The topological polar surface area (TPSA) is 96.3 Å². The van der Waals surface area contributed by atoms with E-state index in [2.05, 4.69) is 0 Å². The van der Waals surface area contributed by atoms with Crippen molar-refractivity contribution in [1.29, 1.82) is 0 Å². The molecule has 0 atom stereocenters. The maximum Gasteiger partial charge on any atom is 0.339 e. The van der Waals surface area contributed by atoms with Crippen molar-refractivity contribution >= 4 is 51.9 Å². The third-order valence-corrected chi connectivity index (χ3v) is 5.26. The number of aromatic hydroxyl groups is 1. The van der Waals surface area contributed by atoms with Gasteiger partial charge in [-0.3, -0.25) is 9.69 Å². The van der Waals surface area contributed by atoms with Crippen LogP contribution in [0.2, 0.25) is 0 Å². The largest absolute Gasteiger partial charge is 0.507 e. The molecule has 2 aliphatic rings. The van der Waals surface area contributed by atoms with Crippen LogP contribution in [0.15, 0.2) is 41.3 Å². The molecule has 0 unspecified atom stereocenters. The maximum absolute atomic E-state index is 12.8. The van der Waals surface area contributed by atoms with Gasteiger partial charge in [0, 0.05) is 0 Å². The molecule has 2 aromatic rings. The molecule has 0 bridgehead atoms. The second-order valence-electron chi connectivity index (χ2n) is 5.64. The summed E-state index contributed by atoms with van der Waals surface area (Å²) in [5.41, 5.74) is 0.722. The van der Waals surface area contributed by atoms with Gasteiger partial charge in [0.2, 0.25) is 6.79 Å². The minimum Gasteiger partial charge on any atom is -0.507 e. The normalized spacial score (nSPS) is 17.0. The molecule has 0 saturated carbocycles. The number of carboxylic acids is 1. The van der Waals surface area contributed by atoms with Crippen molar-refractivity contribution in [3.8, 4) is 17.2 Å². The minimum absolute atomic E-state index is 0.160. The van der Waals surface area contributed by atoms with E-state index in [0.717, 1.165) is 17.3 Å². The van der Waals surface area contributed by atoms with Crippen LogP contribution in [0.5, 0.6) is 17.2 Å². The zero-order valence-electron chi connectivity index (χ0n) is 13.5. The zero-order valence-corrected chi connectivity index (χ0v) is 15.2. The number of thiocarbonyl (C=S) groups is 1. The monoisotopic (exact) mass is 401 g/mol. The Morgan fingerprint density at radius 1 is 1.19 bits per heavy atom. The number of thioether (sulfide) groups is 1. The lowest BCUT2D eigenvalue weighted by atomic mass is 10.1. The standard InChI is InChI=1S/C18H11NO6S2/c20-12-3-2-10(7-11(12)17(22)23)19-16(21)15(27-18(19)26)6-9-1-4-13-14(5-9)25-8-24-13/h1-7,20H,8H2,(H,22,23). The third-order valence-electron chi connectivity index (χ3n) is 3.96. The number of hydrogen-bond donors (Lipinski definition) is 2. The lowest BCUT2D eigenvalue weighted by Gasteiger charge is -2.15. The van der Waals surface area contributed by atoms with Crippen LogP contribution >= 0.6 is 24.0 Å². The summed E-state index contributed by atoms with van der Waals surface area (Å²) < 4.78 is 10.9. The first-order valence-corrected chi connectivity index (χ1v) is 8.90. The Kier molecular flexibility index (Phi) is 4.25. The van der Waals surface area contributed by atoms with E-state index in [1.54, 1.807) is 24.3 Å². The van der Waals surface area contributed by atoms with Crippen LogP contribution in [0, 0.1) is 0 Å². The molecule has 4 rings (SSSR count). The highest BCUT2D eigenvalue weighted by Crippen LogP contribution is 2.39. The van der Waals surface area contributed by atoms with Gasteiger partial charge in [-0.1, -0.05) is 30.0 Å². The van der Waals surface area contributed by atoms with Crippen LogP contribution < -0.4 is 14.4 Å². The highest BCUT2D eigenvalue weighted by atomic mass is 32.2. The molecular formula is C18H11NO6S2. The molecule has 1 amide bonds. The molecule has 2 N–H and O–H groups in total. The number of ether oxygens (including phenoxy) is 2. The van der Waals surface area contributed by atoms with Crippen LogP contribution in [0.1, 0.15) is 15.9 Å². The van der Waals surface area contributed by atoms with Crippen molar-refractivity contribution in [2.24, 2.45) is 0 Å². The summed E-state index contributed by atoms with van der Waals surface area (Å²) in [5, 5.41) is 18.8. The van der Waals surface area contributed by atoms with Crippen LogP contribution in [0.3, 0.4) is 0 Å². The average molecular weight is 401 g/mol. The van der Waals surface area contributed by atoms with Crippen LogP contribution in [0.25, 0.3) is 6.08 Å². The molecule has 0 aromatic heterocycles. The van der Waals surface area contributed by atoms with E-state index in [4.69, 9.17) is 26.8 Å². The van der Waals surface area contributed by atoms with Gasteiger partial charge in [0.1, 0.15) is 11.3 Å². The SMILES string of the molecule is O=C(O)c1cc(N2C(=O)C(=Cc3ccc4c(c3)OCO4)SC2=S)ccc1O. The lowest BCUT2D eigenvalue weighted by molar-refractivity contribution is -0.113. The molecule has 1 fully saturated rings. The first kappa shape index (κ1) is 17.4. The van der Waals surface area contributed by atoms with Gasteiger partial charge in [-0.25, -0.2) is 4.79 Å². The predicted octanol–water partition coefficient (Wildman–Crippen LogP) is 3.22. The average Bonchev–Trinajstić information content (AvgIpc) is 3.20. The number of carboxylic acid groups (broad SMARTS) is 1. The van der Waals surface area contributed by atoms with Crippen molar-refractivity contribution in [2.75, 3.05) is 11.7 Å². The quantitative estimate of drug-likeness (QED) is 0.598. The highest BCUT2D eigenvalue weighted by molar-refractivity contribution is 8.27. The molecule has 2 heterocycles. The third kappa shape index (κ3) is 3.11. The molecule has 1 saturated heterocycles. The van der Waals surface area contributed by atoms with Crippen LogP contribution in [-0.4, -0.2) is 33.2 Å². The first-order chi connectivity index (χ1) is 12.9. The van der Waals surface area contributed by atoms with Gasteiger partial charge >= 0.3 is 5.97 Å². The van der Waals surface area contributed by atoms with E-state index in [1.807, 2.05) is 0 Å². The summed E-state index contributed by atoms with van der Waals surface area (Å²) in [6, 6.07) is 9.19. The summed E-state index contributed by atoms with van der Waals surface area (Å²) in [4.78, 5) is 25.7. The number of hydrogen-bond acceptors (Lipinski definition) is 7. The molecule has 2 aromatic carbocycles. The number of aromatic carboxylic acids is 1. The second-order valence-corrected chi connectivity index (χ2v) is 7.31. The number of carbonyl (C=O) groups excluding carboxylic acids is 1. The fourth-order valence-electron chi connectivity index (χ4n) is 2.68. The molecule has 0 spiro atoms. The number of fused-ring (bicyclic) bond motifs is 1. The molecule has 0 aliphatic carbocycles. The van der Waals surface area contributed by atoms with Crippen LogP contribution in [-0.2, 0) is 4.79 Å². The fourth-order valence-corrected chi connectivity index (χ4v) is 3.98. The Labute approximate surface area is 162 Å². The van der Waals surface area contributed by atoms with Gasteiger partial charge in [-0.2, -0.15) is 0 Å². The number of carbonyl (C=O) groups is 2. The first-order valence-electron chi connectivity index (χ1n) is 7.68. The predicted molar refractivity (Wildman–Crippen MR) is 103 cm³/mol. The van der Waals surface area contributed by atoms with Gasteiger partial charge < -0.3 is 19.7 Å². The Morgan fingerprint density at radius 3 is 2.74 bits per heavy atom. The number of rotatable bonds is 3. The van der Waals surface area contributed by atoms with E-state index >= 15 is 0 Å². The van der Waals surface area contributed by atoms with Crippen molar-refractivity contribution in [1.82, 2.24) is 0 Å². The Bertz CT molecular complexity index is 1030. The van der Waals surface area contributed by atoms with Crippen LogP contribution in [0.4, 0.5) is 5.69 Å². The second kappa shape index (κ2) is 6.60. The Hall–Kier alpha value is -3.04. The van der Waals surface area contributed by atoms with Gasteiger partial charge in [0.15, 0.2) is 15.8 Å². The van der Waals surface area contributed by atoms with Gasteiger partial charge in [-0.05, 0) is 42.0 Å². The van der Waals surface area contributed by atoms with Crippen molar-refractivity contribution in [3.05, 3.63) is 52.4 Å². The molecule has 7 nitrogen and oxygen atoms in total. The lowest BCUT2D eigenvalue weighted by Crippen LogP contribution is -2.27. The summed E-state index contributed by atoms with van der Waals surface area (Å²) in [6.45, 7) is 0.160. The number of amides is 1. The van der Waals surface area contributed by atoms with E-state index in [-0.39, 0.29) is 34.0 Å². The van der Waals surface area contributed by atoms with Crippen molar-refractivity contribution in [3.63, 3.8) is 0 Å². The van der Waals surface area contributed by atoms with Crippen molar-refractivity contribution < 1.29 is 29.3 Å². The highest BCUT2D eigenvalue weighted by Gasteiger charge is 2.34. The number of benzene rings is 2. The van der Waals surface area contributed by atoms with Gasteiger partial charge in [0.05, 0.1) is 10.6 Å². The molecule has 136 valence electrons. The van der Waals surface area contributed by atoms with Gasteiger partial charge in [-0.15, -0.1) is 0 Å². The number of anilines is 1. The molecule has 9 heteroatoms. The number of phenols is 1. The van der Waals surface area contributed by atoms with E-state index < -0.39 is 5.97 Å². The number of nitrogens with zero attached hydrogens (tertiary/aromatic N) is 1. The molecule has 2 aliphatic heterocycles. The smallest absolute Gasteiger partial charge is 0.339 e. The summed E-state index contributed by atoms with van der Waals surface area (Å²) in [5.74, 6) is -0.804. The maximum atomic E-state index is 12.8. The molecule has 0 radical (unpaired) electrons. The molecular weight excluding hydrogens is 390 g/mol. The Morgan fingerprint density at radius 2 is 1.96 bits per heavy atom. The molecule has 27 heavy (non-hydrogen) atoms. The van der Waals surface area contributed by atoms with Crippen molar-refractivity contribution in [2.45, 2.75) is 0 Å². The van der Waals surface area contributed by atoms with E-state index in [0.29, 0.717) is 16.4 Å². The van der Waals surface area contributed by atoms with E-state index in [1.165, 1.54) is 23.1 Å². The Balaban J connectivity index is 1.66. The summed E-state index contributed by atoms with van der Waals surface area (Å²) >= 11 is 6.40.